The maximum absolute atomic E-state index is 12.7. The molecule has 8 nitrogen and oxygen atoms in total. The van der Waals surface area contributed by atoms with E-state index in [4.69, 9.17) is 5.73 Å². The Bertz CT molecular complexity index is 664. The third kappa shape index (κ3) is 4.05. The van der Waals surface area contributed by atoms with Crippen molar-refractivity contribution < 1.29 is 14.4 Å². The SMILES string of the molecule is C[C@@H](Cn1cccn1)C(=O)N1CCC2(CCC(=O)N(CC(N)=O)C2)CC1. The van der Waals surface area contributed by atoms with Gasteiger partial charge in [-0.15, -0.1) is 0 Å². The smallest absolute Gasteiger partial charge is 0.237 e. The molecule has 8 heteroatoms. The third-order valence-electron chi connectivity index (χ3n) is 5.67. The van der Waals surface area contributed by atoms with Gasteiger partial charge < -0.3 is 15.5 Å². The Morgan fingerprint density at radius 1 is 1.31 bits per heavy atom. The lowest BCUT2D eigenvalue weighted by molar-refractivity contribution is -0.145. The molecule has 0 bridgehead atoms. The molecule has 1 atom stereocenters. The molecule has 1 aromatic heterocycles. The minimum atomic E-state index is -0.476. The first-order valence-electron chi connectivity index (χ1n) is 9.21. The van der Waals surface area contributed by atoms with E-state index in [9.17, 15) is 14.4 Å². The van der Waals surface area contributed by atoms with Crippen molar-refractivity contribution in [2.24, 2.45) is 17.1 Å². The van der Waals surface area contributed by atoms with Crippen LogP contribution in [-0.4, -0.2) is 63.5 Å². The molecule has 2 aliphatic heterocycles. The van der Waals surface area contributed by atoms with Crippen molar-refractivity contribution in [3.63, 3.8) is 0 Å². The van der Waals surface area contributed by atoms with Crippen molar-refractivity contribution in [1.82, 2.24) is 19.6 Å². The molecule has 3 amide bonds. The van der Waals surface area contributed by atoms with E-state index in [1.807, 2.05) is 24.1 Å². The number of hydrogen-bond acceptors (Lipinski definition) is 4. The fraction of sp³-hybridized carbons (Fsp3) is 0.667. The minimum Gasteiger partial charge on any atom is -0.368 e. The second kappa shape index (κ2) is 7.47. The lowest BCUT2D eigenvalue weighted by Gasteiger charge is -2.47. The standard InChI is InChI=1S/C18H27N5O3/c1-14(11-23-8-2-7-20-23)17(26)21-9-5-18(6-10-21)4-3-16(25)22(13-18)12-15(19)24/h2,7-8,14H,3-6,9-13H2,1H3,(H2,19,24)/t14-/m0/s1. The summed E-state index contributed by atoms with van der Waals surface area (Å²) in [4.78, 5) is 39.4. The van der Waals surface area contributed by atoms with Crippen LogP contribution in [0.2, 0.25) is 0 Å². The van der Waals surface area contributed by atoms with Crippen molar-refractivity contribution in [3.8, 4) is 0 Å². The van der Waals surface area contributed by atoms with Crippen LogP contribution in [0.3, 0.4) is 0 Å². The van der Waals surface area contributed by atoms with Gasteiger partial charge in [0.1, 0.15) is 0 Å². The Balaban J connectivity index is 1.55. The van der Waals surface area contributed by atoms with Gasteiger partial charge in [0.05, 0.1) is 19.0 Å². The zero-order chi connectivity index (χ0) is 18.7. The normalized spacial score (nSPS) is 21.0. The van der Waals surface area contributed by atoms with Gasteiger partial charge in [-0.3, -0.25) is 19.1 Å². The molecule has 1 spiro atoms. The molecule has 3 rings (SSSR count). The van der Waals surface area contributed by atoms with Crippen LogP contribution in [0.1, 0.15) is 32.6 Å². The van der Waals surface area contributed by atoms with Crippen LogP contribution >= 0.6 is 0 Å². The van der Waals surface area contributed by atoms with E-state index in [1.165, 1.54) is 0 Å². The number of nitrogens with two attached hydrogens (primary N) is 1. The molecule has 0 aromatic carbocycles. The quantitative estimate of drug-likeness (QED) is 0.811. The predicted octanol–water partition coefficient (Wildman–Crippen LogP) is 0.236. The Kier molecular flexibility index (Phi) is 5.29. The molecule has 0 saturated carbocycles. The molecule has 2 N–H and O–H groups in total. The summed E-state index contributed by atoms with van der Waals surface area (Å²) in [5.41, 5.74) is 5.27. The molecule has 0 aliphatic carbocycles. The number of aromatic nitrogens is 2. The van der Waals surface area contributed by atoms with Gasteiger partial charge in [0.25, 0.3) is 0 Å². The van der Waals surface area contributed by atoms with E-state index in [0.29, 0.717) is 32.6 Å². The molecule has 1 aromatic rings. The number of piperidine rings is 2. The number of hydrogen-bond donors (Lipinski definition) is 1. The van der Waals surface area contributed by atoms with Gasteiger partial charge in [0.15, 0.2) is 0 Å². The summed E-state index contributed by atoms with van der Waals surface area (Å²) in [5, 5.41) is 4.16. The molecular formula is C18H27N5O3. The second-order valence-corrected chi connectivity index (χ2v) is 7.67. The molecular weight excluding hydrogens is 334 g/mol. The number of rotatable bonds is 5. The van der Waals surface area contributed by atoms with Crippen molar-refractivity contribution in [1.29, 1.82) is 0 Å². The topological polar surface area (TPSA) is 102 Å². The summed E-state index contributed by atoms with van der Waals surface area (Å²) < 4.78 is 1.78. The molecule has 3 heterocycles. The Morgan fingerprint density at radius 3 is 2.65 bits per heavy atom. The van der Waals surface area contributed by atoms with Crippen LogP contribution in [0.5, 0.6) is 0 Å². The van der Waals surface area contributed by atoms with Gasteiger partial charge in [-0.25, -0.2) is 0 Å². The van der Waals surface area contributed by atoms with Crippen LogP contribution in [-0.2, 0) is 20.9 Å². The van der Waals surface area contributed by atoms with Gasteiger partial charge in [-0.1, -0.05) is 6.92 Å². The predicted molar refractivity (Wildman–Crippen MR) is 94.6 cm³/mol. The zero-order valence-corrected chi connectivity index (χ0v) is 15.3. The molecule has 26 heavy (non-hydrogen) atoms. The summed E-state index contributed by atoms with van der Waals surface area (Å²) in [6, 6.07) is 1.85. The molecule has 2 fully saturated rings. The van der Waals surface area contributed by atoms with Gasteiger partial charge in [0.2, 0.25) is 17.7 Å². The molecule has 0 radical (unpaired) electrons. The zero-order valence-electron chi connectivity index (χ0n) is 15.3. The number of carbonyl (C=O) groups is 3. The van der Waals surface area contributed by atoms with E-state index < -0.39 is 5.91 Å². The third-order valence-corrected chi connectivity index (χ3v) is 5.67. The van der Waals surface area contributed by atoms with Crippen LogP contribution < -0.4 is 5.73 Å². The van der Waals surface area contributed by atoms with E-state index in [0.717, 1.165) is 19.3 Å². The molecule has 0 unspecified atom stereocenters. The van der Waals surface area contributed by atoms with Crippen molar-refractivity contribution in [2.45, 2.75) is 39.2 Å². The van der Waals surface area contributed by atoms with Gasteiger partial charge in [0, 0.05) is 38.4 Å². The van der Waals surface area contributed by atoms with E-state index >= 15 is 0 Å². The number of likely N-dealkylation sites (tertiary alicyclic amines) is 2. The maximum Gasteiger partial charge on any atom is 0.237 e. The minimum absolute atomic E-state index is 0.000718. The fourth-order valence-corrected chi connectivity index (χ4v) is 4.12. The van der Waals surface area contributed by atoms with Gasteiger partial charge in [-0.05, 0) is 30.7 Å². The number of primary amides is 1. The highest BCUT2D eigenvalue weighted by atomic mass is 16.2. The summed E-state index contributed by atoms with van der Waals surface area (Å²) in [6.07, 6.45) is 6.57. The second-order valence-electron chi connectivity index (χ2n) is 7.67. The molecule has 2 saturated heterocycles. The van der Waals surface area contributed by atoms with Gasteiger partial charge >= 0.3 is 0 Å². The number of carbonyl (C=O) groups excluding carboxylic acids is 3. The van der Waals surface area contributed by atoms with Gasteiger partial charge in [-0.2, -0.15) is 5.10 Å². The van der Waals surface area contributed by atoms with E-state index in [-0.39, 0.29) is 29.7 Å². The first-order chi connectivity index (χ1) is 12.4. The highest BCUT2D eigenvalue weighted by Crippen LogP contribution is 2.40. The summed E-state index contributed by atoms with van der Waals surface area (Å²) in [5.74, 6) is -0.448. The highest BCUT2D eigenvalue weighted by molar-refractivity contribution is 5.84. The van der Waals surface area contributed by atoms with Crippen molar-refractivity contribution in [3.05, 3.63) is 18.5 Å². The first-order valence-corrected chi connectivity index (χ1v) is 9.21. The maximum atomic E-state index is 12.7. The molecule has 142 valence electrons. The van der Waals surface area contributed by atoms with Crippen molar-refractivity contribution in [2.75, 3.05) is 26.2 Å². The van der Waals surface area contributed by atoms with E-state index in [1.54, 1.807) is 15.8 Å². The Labute approximate surface area is 153 Å². The fourth-order valence-electron chi connectivity index (χ4n) is 4.12. The highest BCUT2D eigenvalue weighted by Gasteiger charge is 2.42. The van der Waals surface area contributed by atoms with Crippen LogP contribution in [0, 0.1) is 11.3 Å². The first kappa shape index (κ1) is 18.4. The number of nitrogens with zero attached hydrogens (tertiary/aromatic N) is 4. The van der Waals surface area contributed by atoms with Crippen LogP contribution in [0.15, 0.2) is 18.5 Å². The summed E-state index contributed by atoms with van der Waals surface area (Å²) in [6.45, 7) is 4.46. The molecule has 2 aliphatic rings. The average Bonchev–Trinajstić information content (AvgIpc) is 3.11. The summed E-state index contributed by atoms with van der Waals surface area (Å²) in [7, 11) is 0. The van der Waals surface area contributed by atoms with Crippen LogP contribution in [0.25, 0.3) is 0 Å². The Morgan fingerprint density at radius 2 is 2.04 bits per heavy atom. The largest absolute Gasteiger partial charge is 0.368 e. The lowest BCUT2D eigenvalue weighted by Crippen LogP contribution is -2.54. The average molecular weight is 361 g/mol. The Hall–Kier alpha value is -2.38. The summed E-state index contributed by atoms with van der Waals surface area (Å²) >= 11 is 0. The number of amides is 3. The lowest BCUT2D eigenvalue weighted by atomic mass is 9.72. The van der Waals surface area contributed by atoms with Crippen LogP contribution in [0.4, 0.5) is 0 Å². The van der Waals surface area contributed by atoms with Crippen molar-refractivity contribution >= 4 is 17.7 Å². The van der Waals surface area contributed by atoms with E-state index in [2.05, 4.69) is 5.10 Å². The monoisotopic (exact) mass is 361 g/mol.